The van der Waals surface area contributed by atoms with Crippen LogP contribution >= 0.6 is 0 Å². The van der Waals surface area contributed by atoms with E-state index >= 15 is 0 Å². The van der Waals surface area contributed by atoms with Crippen LogP contribution in [0.4, 0.5) is 11.4 Å². The van der Waals surface area contributed by atoms with Crippen molar-refractivity contribution in [2.45, 2.75) is 13.8 Å². The van der Waals surface area contributed by atoms with E-state index in [4.69, 9.17) is 9.47 Å². The zero-order chi connectivity index (χ0) is 20.6. The lowest BCUT2D eigenvalue weighted by Crippen LogP contribution is -2.40. The van der Waals surface area contributed by atoms with Gasteiger partial charge in [0.25, 0.3) is 17.3 Å². The van der Waals surface area contributed by atoms with Crippen LogP contribution in [0.2, 0.25) is 0 Å². The minimum atomic E-state index is -0.997. The number of amides is 1. The molecule has 12 nitrogen and oxygen atoms in total. The molecule has 0 aliphatic rings. The standard InChI is InChI=1S/C15H17N3O9/c1-3-26-13(19)8-16(9-14(20)27-4-2)15(21)10-5-11(17(22)23)7-12(6-10)18(24)25/h5-7H,3-4,8-9H2,1-2H3. The molecule has 0 aliphatic carbocycles. The first kappa shape index (κ1) is 21.5. The van der Waals surface area contributed by atoms with Crippen molar-refractivity contribution in [1.29, 1.82) is 0 Å². The number of carbonyl (C=O) groups is 3. The van der Waals surface area contributed by atoms with Crippen molar-refractivity contribution in [2.75, 3.05) is 26.3 Å². The van der Waals surface area contributed by atoms with E-state index in [1.807, 2.05) is 0 Å². The van der Waals surface area contributed by atoms with Crippen molar-refractivity contribution in [3.63, 3.8) is 0 Å². The van der Waals surface area contributed by atoms with Crippen molar-refractivity contribution in [1.82, 2.24) is 4.90 Å². The Bertz CT molecular complexity index is 711. The summed E-state index contributed by atoms with van der Waals surface area (Å²) in [6, 6.07) is 2.33. The lowest BCUT2D eigenvalue weighted by molar-refractivity contribution is -0.394. The van der Waals surface area contributed by atoms with Crippen molar-refractivity contribution >= 4 is 29.2 Å². The molecular formula is C15H17N3O9. The molecule has 0 spiro atoms. The molecule has 1 amide bonds. The summed E-state index contributed by atoms with van der Waals surface area (Å²) in [6.45, 7) is 1.87. The fourth-order valence-corrected chi connectivity index (χ4v) is 2.04. The van der Waals surface area contributed by atoms with Crippen LogP contribution in [0.3, 0.4) is 0 Å². The Morgan fingerprint density at radius 1 is 0.889 bits per heavy atom. The maximum absolute atomic E-state index is 12.6. The predicted octanol–water partition coefficient (Wildman–Crippen LogP) is 1.07. The van der Waals surface area contributed by atoms with Crippen LogP contribution in [-0.2, 0) is 19.1 Å². The number of ether oxygens (including phenoxy) is 2. The van der Waals surface area contributed by atoms with Gasteiger partial charge in [0.1, 0.15) is 13.1 Å². The lowest BCUT2D eigenvalue weighted by atomic mass is 10.1. The van der Waals surface area contributed by atoms with E-state index in [-0.39, 0.29) is 13.2 Å². The molecule has 0 aromatic heterocycles. The third-order valence-corrected chi connectivity index (χ3v) is 3.11. The SMILES string of the molecule is CCOC(=O)CN(CC(=O)OCC)C(=O)c1cc([N+](=O)[O-])cc([N+](=O)[O-])c1. The number of esters is 2. The van der Waals surface area contributed by atoms with Gasteiger partial charge in [0.15, 0.2) is 0 Å². The van der Waals surface area contributed by atoms with Crippen molar-refractivity contribution in [3.05, 3.63) is 44.0 Å². The number of non-ortho nitro benzene ring substituents is 2. The highest BCUT2D eigenvalue weighted by Gasteiger charge is 2.26. The molecule has 0 radical (unpaired) electrons. The summed E-state index contributed by atoms with van der Waals surface area (Å²) in [5.41, 5.74) is -1.79. The van der Waals surface area contributed by atoms with Gasteiger partial charge < -0.3 is 14.4 Å². The smallest absolute Gasteiger partial charge is 0.325 e. The van der Waals surface area contributed by atoms with Crippen LogP contribution in [0.5, 0.6) is 0 Å². The third kappa shape index (κ3) is 6.34. The molecule has 0 saturated heterocycles. The van der Waals surface area contributed by atoms with Gasteiger partial charge in [0.05, 0.1) is 34.7 Å². The minimum absolute atomic E-state index is 0.0303. The molecule has 0 unspecified atom stereocenters. The Kier molecular flexibility index (Phi) is 7.79. The molecule has 0 atom stereocenters. The lowest BCUT2D eigenvalue weighted by Gasteiger charge is -2.20. The highest BCUT2D eigenvalue weighted by Crippen LogP contribution is 2.23. The van der Waals surface area contributed by atoms with Crippen LogP contribution in [0.15, 0.2) is 18.2 Å². The molecular weight excluding hydrogens is 366 g/mol. The van der Waals surface area contributed by atoms with E-state index in [0.717, 1.165) is 17.0 Å². The van der Waals surface area contributed by atoms with Gasteiger partial charge >= 0.3 is 11.9 Å². The van der Waals surface area contributed by atoms with E-state index in [1.165, 1.54) is 0 Å². The van der Waals surface area contributed by atoms with E-state index in [1.54, 1.807) is 13.8 Å². The van der Waals surface area contributed by atoms with Gasteiger partial charge in [-0.05, 0) is 13.8 Å². The summed E-state index contributed by atoms with van der Waals surface area (Å²) >= 11 is 0. The van der Waals surface area contributed by atoms with E-state index in [9.17, 15) is 34.6 Å². The summed E-state index contributed by atoms with van der Waals surface area (Å²) in [7, 11) is 0. The molecule has 1 aromatic carbocycles. The number of nitro groups is 2. The average molecular weight is 383 g/mol. The molecule has 0 saturated carbocycles. The number of carbonyl (C=O) groups excluding carboxylic acids is 3. The number of hydrogen-bond acceptors (Lipinski definition) is 9. The molecule has 12 heteroatoms. The Morgan fingerprint density at radius 2 is 1.30 bits per heavy atom. The average Bonchev–Trinajstić information content (AvgIpc) is 2.60. The van der Waals surface area contributed by atoms with Gasteiger partial charge in [-0.2, -0.15) is 0 Å². The topological polar surface area (TPSA) is 159 Å². The maximum Gasteiger partial charge on any atom is 0.325 e. The van der Waals surface area contributed by atoms with Crippen LogP contribution in [-0.4, -0.2) is 58.9 Å². The molecule has 0 fully saturated rings. The quantitative estimate of drug-likeness (QED) is 0.345. The summed E-state index contributed by atoms with van der Waals surface area (Å²) in [6.07, 6.45) is 0. The van der Waals surface area contributed by atoms with E-state index < -0.39 is 57.7 Å². The summed E-state index contributed by atoms with van der Waals surface area (Å²) in [5.74, 6) is -2.65. The minimum Gasteiger partial charge on any atom is -0.465 e. The molecule has 1 rings (SSSR count). The van der Waals surface area contributed by atoms with E-state index in [0.29, 0.717) is 6.07 Å². The number of nitrogens with zero attached hydrogens (tertiary/aromatic N) is 3. The molecule has 1 aromatic rings. The van der Waals surface area contributed by atoms with Gasteiger partial charge in [0, 0.05) is 12.1 Å². The highest BCUT2D eigenvalue weighted by molar-refractivity contribution is 5.98. The Hall–Kier alpha value is -3.57. The van der Waals surface area contributed by atoms with Gasteiger partial charge in [-0.25, -0.2) is 0 Å². The first-order valence-electron chi connectivity index (χ1n) is 7.73. The highest BCUT2D eigenvalue weighted by atomic mass is 16.6. The first-order chi connectivity index (χ1) is 12.7. The Labute approximate surface area is 152 Å². The van der Waals surface area contributed by atoms with Crippen molar-refractivity contribution in [2.24, 2.45) is 0 Å². The summed E-state index contributed by atoms with van der Waals surface area (Å²) in [5, 5.41) is 21.9. The van der Waals surface area contributed by atoms with Crippen LogP contribution in [0.25, 0.3) is 0 Å². The fraction of sp³-hybridized carbons (Fsp3) is 0.400. The zero-order valence-electron chi connectivity index (χ0n) is 14.6. The van der Waals surface area contributed by atoms with Gasteiger partial charge in [0.2, 0.25) is 0 Å². The number of hydrogen-bond donors (Lipinski definition) is 0. The van der Waals surface area contributed by atoms with Crippen LogP contribution in [0, 0.1) is 20.2 Å². The molecule has 0 N–H and O–H groups in total. The molecule has 146 valence electrons. The third-order valence-electron chi connectivity index (χ3n) is 3.11. The fourth-order valence-electron chi connectivity index (χ4n) is 2.04. The summed E-state index contributed by atoms with van der Waals surface area (Å²) in [4.78, 5) is 56.9. The van der Waals surface area contributed by atoms with Gasteiger partial charge in [-0.3, -0.25) is 34.6 Å². The molecule has 27 heavy (non-hydrogen) atoms. The Morgan fingerprint density at radius 3 is 1.63 bits per heavy atom. The van der Waals surface area contributed by atoms with Crippen molar-refractivity contribution < 1.29 is 33.7 Å². The van der Waals surface area contributed by atoms with Gasteiger partial charge in [-0.1, -0.05) is 0 Å². The number of benzene rings is 1. The van der Waals surface area contributed by atoms with E-state index in [2.05, 4.69) is 0 Å². The number of rotatable bonds is 9. The monoisotopic (exact) mass is 383 g/mol. The molecule has 0 heterocycles. The van der Waals surface area contributed by atoms with Crippen molar-refractivity contribution in [3.8, 4) is 0 Å². The second-order valence-electron chi connectivity index (χ2n) is 5.02. The largest absolute Gasteiger partial charge is 0.465 e. The zero-order valence-corrected chi connectivity index (χ0v) is 14.6. The van der Waals surface area contributed by atoms with Crippen LogP contribution < -0.4 is 0 Å². The van der Waals surface area contributed by atoms with Crippen LogP contribution in [0.1, 0.15) is 24.2 Å². The second-order valence-corrected chi connectivity index (χ2v) is 5.02. The normalized spacial score (nSPS) is 10.0. The number of nitro benzene ring substituents is 2. The second kappa shape index (κ2) is 9.79. The predicted molar refractivity (Wildman–Crippen MR) is 88.9 cm³/mol. The Balaban J connectivity index is 3.25. The van der Waals surface area contributed by atoms with Gasteiger partial charge in [-0.15, -0.1) is 0 Å². The first-order valence-corrected chi connectivity index (χ1v) is 7.73. The summed E-state index contributed by atoms with van der Waals surface area (Å²) < 4.78 is 9.44. The molecule has 0 aliphatic heterocycles. The molecule has 0 bridgehead atoms. The maximum atomic E-state index is 12.6.